The lowest BCUT2D eigenvalue weighted by atomic mass is 9.84. The molecule has 0 aromatic heterocycles. The van der Waals surface area contributed by atoms with E-state index in [9.17, 15) is 28.2 Å². The minimum atomic E-state index is -4.06. The molecular weight excluding hydrogens is 436 g/mol. The molecule has 0 unspecified atom stereocenters. The number of nitrogens with one attached hydrogen (secondary N) is 1. The van der Waals surface area contributed by atoms with Crippen molar-refractivity contribution in [3.05, 3.63) is 35.6 Å². The molecule has 2 amide bonds. The lowest BCUT2D eigenvalue weighted by molar-refractivity contribution is -0.131. The summed E-state index contributed by atoms with van der Waals surface area (Å²) in [7, 11) is -4.06. The number of fused-ring (bicyclic) bond motifs is 1. The van der Waals surface area contributed by atoms with Crippen LogP contribution in [0.4, 0.5) is 10.5 Å². The average molecular weight is 463 g/mol. The molecule has 3 aliphatic rings. The Morgan fingerprint density at radius 1 is 1.25 bits per heavy atom. The Balaban J connectivity index is 1.77. The predicted octanol–water partition coefficient (Wildman–Crippen LogP) is 2.41. The number of nitrogens with zero attached hydrogens (tertiary/aromatic N) is 3. The number of benzene rings is 1. The second kappa shape index (κ2) is 7.80. The van der Waals surface area contributed by atoms with Crippen molar-refractivity contribution in [3.63, 3.8) is 0 Å². The maximum atomic E-state index is 13.5. The summed E-state index contributed by atoms with van der Waals surface area (Å²) in [6.07, 6.45) is 0.0599. The van der Waals surface area contributed by atoms with Gasteiger partial charge in [0, 0.05) is 19.6 Å². The Morgan fingerprint density at radius 3 is 2.53 bits per heavy atom. The highest BCUT2D eigenvalue weighted by Gasteiger charge is 2.55. The Labute approximate surface area is 186 Å². The number of anilines is 1. The van der Waals surface area contributed by atoms with Gasteiger partial charge >= 0.3 is 6.09 Å². The number of rotatable bonds is 4. The predicted molar refractivity (Wildman–Crippen MR) is 117 cm³/mol. The first-order valence-corrected chi connectivity index (χ1v) is 12.0. The molecule has 172 valence electrons. The third-order valence-corrected chi connectivity index (χ3v) is 7.65. The molecule has 0 atom stereocenters. The van der Waals surface area contributed by atoms with Gasteiger partial charge in [-0.2, -0.15) is 8.42 Å². The molecular formula is C21H26N4O6S. The van der Waals surface area contributed by atoms with Crippen LogP contribution in [0.3, 0.4) is 0 Å². The highest BCUT2D eigenvalue weighted by atomic mass is 32.2. The quantitative estimate of drug-likeness (QED) is 0.624. The molecule has 1 fully saturated rings. The number of piperidine rings is 1. The van der Waals surface area contributed by atoms with Crippen LogP contribution in [0.5, 0.6) is 0 Å². The fraction of sp³-hybridized carbons (Fsp3) is 0.476. The molecule has 11 heteroatoms. The highest BCUT2D eigenvalue weighted by Crippen LogP contribution is 2.43. The Hall–Kier alpha value is -3.08. The molecule has 32 heavy (non-hydrogen) atoms. The maximum Gasteiger partial charge on any atom is 0.407 e. The van der Waals surface area contributed by atoms with E-state index < -0.39 is 27.6 Å². The highest BCUT2D eigenvalue weighted by molar-refractivity contribution is 7.90. The first-order valence-electron chi connectivity index (χ1n) is 10.5. The van der Waals surface area contributed by atoms with Crippen molar-refractivity contribution in [2.45, 2.75) is 43.5 Å². The van der Waals surface area contributed by atoms with Crippen molar-refractivity contribution < 1.29 is 28.2 Å². The topological polar surface area (TPSA) is 140 Å². The van der Waals surface area contributed by atoms with Gasteiger partial charge in [-0.3, -0.25) is 4.79 Å². The van der Waals surface area contributed by atoms with Crippen LogP contribution in [0.15, 0.2) is 44.9 Å². The summed E-state index contributed by atoms with van der Waals surface area (Å²) in [6.45, 7) is 4.70. The molecule has 1 saturated heterocycles. The molecule has 1 aromatic rings. The summed E-state index contributed by atoms with van der Waals surface area (Å²) >= 11 is 0. The van der Waals surface area contributed by atoms with E-state index in [-0.39, 0.29) is 53.7 Å². The minimum Gasteiger partial charge on any atom is -0.509 e. The second-order valence-electron chi connectivity index (χ2n) is 8.70. The number of carbonyl (C=O) groups is 2. The van der Waals surface area contributed by atoms with Gasteiger partial charge < -0.3 is 25.3 Å². The summed E-state index contributed by atoms with van der Waals surface area (Å²) in [5, 5.41) is 23.5. The molecule has 0 saturated carbocycles. The monoisotopic (exact) mass is 462 g/mol. The fourth-order valence-electron chi connectivity index (χ4n) is 4.50. The van der Waals surface area contributed by atoms with E-state index in [4.69, 9.17) is 0 Å². The molecule has 3 aliphatic heterocycles. The second-order valence-corrected chi connectivity index (χ2v) is 10.3. The standard InChI is InChI=1S/C21H26N4O6S/c1-13(2)7-10-25-19(27)16(17(26)21(25)8-11-24(12-9-21)20(28)29)18-22-14-5-3-4-6-15(14)32(30,31)23-18/h3-6,13,26H,7-12H2,1-2H3,(H,22,23)(H,28,29). The van der Waals surface area contributed by atoms with Gasteiger partial charge in [0.05, 0.1) is 5.69 Å². The van der Waals surface area contributed by atoms with E-state index in [0.29, 0.717) is 18.9 Å². The van der Waals surface area contributed by atoms with E-state index >= 15 is 0 Å². The number of amidine groups is 1. The molecule has 0 radical (unpaired) electrons. The van der Waals surface area contributed by atoms with Crippen molar-refractivity contribution in [2.75, 3.05) is 25.0 Å². The molecule has 0 aliphatic carbocycles. The molecule has 1 aromatic carbocycles. The van der Waals surface area contributed by atoms with Crippen molar-refractivity contribution in [1.29, 1.82) is 0 Å². The number of sulfonamides is 1. The van der Waals surface area contributed by atoms with Crippen molar-refractivity contribution >= 4 is 33.5 Å². The summed E-state index contributed by atoms with van der Waals surface area (Å²) < 4.78 is 29.2. The van der Waals surface area contributed by atoms with Crippen molar-refractivity contribution in [3.8, 4) is 0 Å². The summed E-state index contributed by atoms with van der Waals surface area (Å²) in [5.74, 6) is -0.675. The molecule has 10 nitrogen and oxygen atoms in total. The number of para-hydroxylation sites is 1. The maximum absolute atomic E-state index is 13.5. The number of hydrogen-bond donors (Lipinski definition) is 3. The van der Waals surface area contributed by atoms with E-state index in [1.807, 2.05) is 13.8 Å². The zero-order valence-electron chi connectivity index (χ0n) is 17.9. The van der Waals surface area contributed by atoms with E-state index in [0.717, 1.165) is 0 Å². The largest absolute Gasteiger partial charge is 0.509 e. The van der Waals surface area contributed by atoms with Gasteiger partial charge in [0.25, 0.3) is 15.9 Å². The lowest BCUT2D eigenvalue weighted by Gasteiger charge is -2.44. The SMILES string of the molecule is CC(C)CCN1C(=O)C(C2=NS(=O)(=O)c3ccccc3N2)=C(O)C12CCN(C(=O)O)CC2. The molecule has 0 bridgehead atoms. The van der Waals surface area contributed by atoms with Crippen molar-refractivity contribution in [1.82, 2.24) is 9.80 Å². The van der Waals surface area contributed by atoms with E-state index in [1.165, 1.54) is 11.0 Å². The zero-order valence-corrected chi connectivity index (χ0v) is 18.7. The lowest BCUT2D eigenvalue weighted by Crippen LogP contribution is -2.56. The number of carboxylic acid groups (broad SMARTS) is 1. The summed E-state index contributed by atoms with van der Waals surface area (Å²) in [5.41, 5.74) is -0.977. The van der Waals surface area contributed by atoms with Crippen LogP contribution in [0.25, 0.3) is 0 Å². The van der Waals surface area contributed by atoms with E-state index in [1.54, 1.807) is 23.1 Å². The number of amides is 2. The van der Waals surface area contributed by atoms with Crippen LogP contribution in [-0.2, 0) is 14.8 Å². The normalized spacial score (nSPS) is 21.6. The van der Waals surface area contributed by atoms with Gasteiger partial charge in [-0.25, -0.2) is 4.79 Å². The number of aliphatic hydroxyl groups excluding tert-OH is 1. The number of likely N-dealkylation sites (tertiary alicyclic amines) is 1. The van der Waals surface area contributed by atoms with Crippen LogP contribution in [0.2, 0.25) is 0 Å². The van der Waals surface area contributed by atoms with Gasteiger partial charge in [-0.05, 0) is 37.3 Å². The first-order chi connectivity index (χ1) is 15.1. The first kappa shape index (κ1) is 22.1. The van der Waals surface area contributed by atoms with Crippen LogP contribution in [-0.4, -0.2) is 71.4 Å². The van der Waals surface area contributed by atoms with Gasteiger partial charge in [0.2, 0.25) is 0 Å². The average Bonchev–Trinajstić information content (AvgIpc) is 2.92. The van der Waals surface area contributed by atoms with E-state index in [2.05, 4.69) is 9.71 Å². The smallest absolute Gasteiger partial charge is 0.407 e. The number of aliphatic hydroxyl groups is 1. The Kier molecular flexibility index (Phi) is 5.40. The zero-order chi connectivity index (χ0) is 23.3. The Bertz CT molecular complexity index is 1130. The van der Waals surface area contributed by atoms with Crippen molar-refractivity contribution in [2.24, 2.45) is 10.3 Å². The summed E-state index contributed by atoms with van der Waals surface area (Å²) in [6, 6.07) is 6.22. The third kappa shape index (κ3) is 3.50. The number of hydrogen-bond acceptors (Lipinski definition) is 6. The van der Waals surface area contributed by atoms with Gasteiger partial charge in [-0.15, -0.1) is 4.40 Å². The van der Waals surface area contributed by atoms with Crippen LogP contribution in [0, 0.1) is 5.92 Å². The molecule has 4 rings (SSSR count). The Morgan fingerprint density at radius 2 is 1.91 bits per heavy atom. The number of carbonyl (C=O) groups excluding carboxylic acids is 1. The molecule has 1 spiro atoms. The fourth-order valence-corrected chi connectivity index (χ4v) is 5.63. The van der Waals surface area contributed by atoms with Gasteiger partial charge in [-0.1, -0.05) is 26.0 Å². The van der Waals surface area contributed by atoms with Crippen LogP contribution >= 0.6 is 0 Å². The van der Waals surface area contributed by atoms with Crippen LogP contribution in [0.1, 0.15) is 33.1 Å². The van der Waals surface area contributed by atoms with Gasteiger partial charge in [0.15, 0.2) is 5.84 Å². The summed E-state index contributed by atoms with van der Waals surface area (Å²) in [4.78, 5) is 27.7. The minimum absolute atomic E-state index is 0.00423. The van der Waals surface area contributed by atoms with Gasteiger partial charge in [0.1, 0.15) is 21.8 Å². The molecule has 3 N–H and O–H groups in total. The molecule has 3 heterocycles. The van der Waals surface area contributed by atoms with Crippen LogP contribution < -0.4 is 5.32 Å². The third-order valence-electron chi connectivity index (χ3n) is 6.31.